The van der Waals surface area contributed by atoms with Crippen LogP contribution in [0.25, 0.3) is 0 Å². The number of rotatable bonds is 7. The summed E-state index contributed by atoms with van der Waals surface area (Å²) >= 11 is 0. The van der Waals surface area contributed by atoms with Crippen molar-refractivity contribution in [2.45, 2.75) is 32.2 Å². The fraction of sp³-hybridized carbons (Fsp3) is 0.333. The van der Waals surface area contributed by atoms with Gasteiger partial charge in [-0.15, -0.1) is 0 Å². The molecule has 6 nitrogen and oxygen atoms in total. The third kappa shape index (κ3) is 5.81. The Morgan fingerprint density at radius 1 is 1.24 bits per heavy atom. The van der Waals surface area contributed by atoms with Gasteiger partial charge in [-0.2, -0.15) is 4.39 Å². The van der Waals surface area contributed by atoms with Crippen LogP contribution in [0.4, 0.5) is 9.18 Å². The predicted octanol–water partition coefficient (Wildman–Crippen LogP) is 2.24. The minimum Gasteiger partial charge on any atom is -0.445 e. The standard InChI is InChI=1S/C18H21FN2O4/c1-12-14(7-8-16(19)21-12)17(23)15(22)9-10-20-18(24)25-11-13-5-3-2-4-6-13/h2-8,15,17,22-23H,9-11H2,1H3,(H,20,24). The molecule has 1 aromatic carbocycles. The SMILES string of the molecule is Cc1nc(F)ccc1C(O)C(O)CCNC(=O)OCc1ccccc1. The van der Waals surface area contributed by atoms with Crippen LogP contribution in [-0.2, 0) is 11.3 Å². The second-order valence-electron chi connectivity index (χ2n) is 5.60. The van der Waals surface area contributed by atoms with Crippen molar-refractivity contribution in [3.63, 3.8) is 0 Å². The highest BCUT2D eigenvalue weighted by atomic mass is 19.1. The summed E-state index contributed by atoms with van der Waals surface area (Å²) in [7, 11) is 0. The molecule has 0 fully saturated rings. The Balaban J connectivity index is 1.74. The first-order chi connectivity index (χ1) is 12.0. The van der Waals surface area contributed by atoms with Crippen molar-refractivity contribution in [3.05, 3.63) is 65.2 Å². The number of hydrogen-bond donors (Lipinski definition) is 3. The van der Waals surface area contributed by atoms with Crippen LogP contribution < -0.4 is 5.32 Å². The van der Waals surface area contributed by atoms with E-state index < -0.39 is 24.2 Å². The number of aromatic nitrogens is 1. The quantitative estimate of drug-likeness (QED) is 0.668. The lowest BCUT2D eigenvalue weighted by molar-refractivity contribution is 0.0129. The van der Waals surface area contributed by atoms with E-state index in [1.807, 2.05) is 30.3 Å². The Kier molecular flexibility index (Phi) is 6.85. The summed E-state index contributed by atoms with van der Waals surface area (Å²) in [4.78, 5) is 15.2. The molecule has 2 rings (SSSR count). The van der Waals surface area contributed by atoms with Gasteiger partial charge < -0.3 is 20.3 Å². The zero-order valence-electron chi connectivity index (χ0n) is 13.9. The highest BCUT2D eigenvalue weighted by Gasteiger charge is 2.21. The Hall–Kier alpha value is -2.51. The molecule has 0 aliphatic heterocycles. The Morgan fingerprint density at radius 3 is 2.64 bits per heavy atom. The minimum atomic E-state index is -1.21. The molecule has 2 unspecified atom stereocenters. The summed E-state index contributed by atoms with van der Waals surface area (Å²) in [6.45, 7) is 1.82. The topological polar surface area (TPSA) is 91.7 Å². The summed E-state index contributed by atoms with van der Waals surface area (Å²) < 4.78 is 18.0. The smallest absolute Gasteiger partial charge is 0.407 e. The van der Waals surface area contributed by atoms with Crippen molar-refractivity contribution in [1.82, 2.24) is 10.3 Å². The first kappa shape index (κ1) is 18.8. The van der Waals surface area contributed by atoms with E-state index in [1.165, 1.54) is 6.07 Å². The Labute approximate surface area is 145 Å². The van der Waals surface area contributed by atoms with Gasteiger partial charge in [-0.1, -0.05) is 30.3 Å². The highest BCUT2D eigenvalue weighted by Crippen LogP contribution is 2.21. The van der Waals surface area contributed by atoms with Crippen molar-refractivity contribution in [3.8, 4) is 0 Å². The number of alkyl carbamates (subject to hydrolysis) is 1. The molecule has 0 aliphatic carbocycles. The van der Waals surface area contributed by atoms with E-state index in [1.54, 1.807) is 6.92 Å². The molecule has 2 atom stereocenters. The van der Waals surface area contributed by atoms with Gasteiger partial charge in [-0.05, 0) is 31.0 Å². The van der Waals surface area contributed by atoms with Crippen molar-refractivity contribution >= 4 is 6.09 Å². The molecular formula is C18H21FN2O4. The molecule has 0 saturated carbocycles. The average molecular weight is 348 g/mol. The van der Waals surface area contributed by atoms with Gasteiger partial charge in [0.2, 0.25) is 5.95 Å². The number of aliphatic hydroxyl groups is 2. The van der Waals surface area contributed by atoms with Gasteiger partial charge in [0.05, 0.1) is 6.10 Å². The second kappa shape index (κ2) is 9.10. The van der Waals surface area contributed by atoms with Crippen LogP contribution in [0, 0.1) is 12.9 Å². The van der Waals surface area contributed by atoms with Gasteiger partial charge in [0, 0.05) is 17.8 Å². The van der Waals surface area contributed by atoms with Crippen LogP contribution in [0.15, 0.2) is 42.5 Å². The molecule has 0 saturated heterocycles. The molecule has 3 N–H and O–H groups in total. The number of nitrogens with one attached hydrogen (secondary N) is 1. The normalized spacial score (nSPS) is 13.1. The first-order valence-electron chi connectivity index (χ1n) is 7.91. The van der Waals surface area contributed by atoms with Gasteiger partial charge in [-0.3, -0.25) is 0 Å². The minimum absolute atomic E-state index is 0.110. The fourth-order valence-corrected chi connectivity index (χ4v) is 2.32. The van der Waals surface area contributed by atoms with Crippen LogP contribution >= 0.6 is 0 Å². The third-order valence-electron chi connectivity index (χ3n) is 3.70. The fourth-order valence-electron chi connectivity index (χ4n) is 2.32. The average Bonchev–Trinajstić information content (AvgIpc) is 2.60. The van der Waals surface area contributed by atoms with E-state index in [2.05, 4.69) is 10.3 Å². The van der Waals surface area contributed by atoms with E-state index in [4.69, 9.17) is 4.74 Å². The molecule has 0 radical (unpaired) electrons. The first-order valence-corrected chi connectivity index (χ1v) is 7.91. The zero-order chi connectivity index (χ0) is 18.2. The summed E-state index contributed by atoms with van der Waals surface area (Å²) in [6, 6.07) is 11.7. The molecule has 1 amide bonds. The van der Waals surface area contributed by atoms with Gasteiger partial charge in [0.25, 0.3) is 0 Å². The number of nitrogens with zero attached hydrogens (tertiary/aromatic N) is 1. The number of ether oxygens (including phenoxy) is 1. The highest BCUT2D eigenvalue weighted by molar-refractivity contribution is 5.67. The van der Waals surface area contributed by atoms with Crippen LogP contribution in [0.2, 0.25) is 0 Å². The number of carbonyl (C=O) groups is 1. The van der Waals surface area contributed by atoms with Gasteiger partial charge in [-0.25, -0.2) is 9.78 Å². The number of hydrogen-bond acceptors (Lipinski definition) is 5. The molecule has 0 bridgehead atoms. The predicted molar refractivity (Wildman–Crippen MR) is 89.1 cm³/mol. The number of carbonyl (C=O) groups excluding carboxylic acids is 1. The van der Waals surface area contributed by atoms with Gasteiger partial charge in [0.1, 0.15) is 12.7 Å². The van der Waals surface area contributed by atoms with E-state index in [-0.39, 0.29) is 19.6 Å². The lowest BCUT2D eigenvalue weighted by atomic mass is 10.0. The molecule has 0 aliphatic rings. The largest absolute Gasteiger partial charge is 0.445 e. The number of pyridine rings is 1. The second-order valence-corrected chi connectivity index (χ2v) is 5.60. The number of benzene rings is 1. The molecular weight excluding hydrogens is 327 g/mol. The Morgan fingerprint density at radius 2 is 1.96 bits per heavy atom. The maximum Gasteiger partial charge on any atom is 0.407 e. The monoisotopic (exact) mass is 348 g/mol. The van der Waals surface area contributed by atoms with E-state index in [9.17, 15) is 19.4 Å². The number of amides is 1. The summed E-state index contributed by atoms with van der Waals surface area (Å²) in [5.74, 6) is -0.647. The van der Waals surface area contributed by atoms with Crippen molar-refractivity contribution in [1.29, 1.82) is 0 Å². The number of aryl methyl sites for hydroxylation is 1. The van der Waals surface area contributed by atoms with Crippen LogP contribution in [0.5, 0.6) is 0 Å². The summed E-state index contributed by atoms with van der Waals surface area (Å²) in [6.07, 6.45) is -2.83. The summed E-state index contributed by atoms with van der Waals surface area (Å²) in [5.41, 5.74) is 1.52. The maximum atomic E-state index is 13.0. The van der Waals surface area contributed by atoms with Crippen LogP contribution in [-0.4, -0.2) is 33.9 Å². The Bertz CT molecular complexity index is 697. The van der Waals surface area contributed by atoms with E-state index in [0.29, 0.717) is 11.3 Å². The lowest BCUT2D eigenvalue weighted by Gasteiger charge is -2.19. The van der Waals surface area contributed by atoms with Crippen molar-refractivity contribution in [2.24, 2.45) is 0 Å². The zero-order valence-corrected chi connectivity index (χ0v) is 13.9. The van der Waals surface area contributed by atoms with Gasteiger partial charge >= 0.3 is 6.09 Å². The number of aliphatic hydroxyl groups excluding tert-OH is 2. The molecule has 134 valence electrons. The molecule has 0 spiro atoms. The molecule has 1 heterocycles. The van der Waals surface area contributed by atoms with E-state index >= 15 is 0 Å². The summed E-state index contributed by atoms with van der Waals surface area (Å²) in [5, 5.41) is 22.6. The van der Waals surface area contributed by atoms with Crippen molar-refractivity contribution in [2.75, 3.05) is 6.54 Å². The molecule has 25 heavy (non-hydrogen) atoms. The molecule has 2 aromatic rings. The molecule has 7 heteroatoms. The van der Waals surface area contributed by atoms with E-state index in [0.717, 1.165) is 11.6 Å². The maximum absolute atomic E-state index is 13.0. The molecule has 1 aromatic heterocycles. The third-order valence-corrected chi connectivity index (χ3v) is 3.70. The van der Waals surface area contributed by atoms with Crippen molar-refractivity contribution < 1.29 is 24.1 Å². The van der Waals surface area contributed by atoms with Gasteiger partial charge in [0.15, 0.2) is 0 Å². The van der Waals surface area contributed by atoms with Crippen LogP contribution in [0.3, 0.4) is 0 Å². The lowest BCUT2D eigenvalue weighted by Crippen LogP contribution is -2.30. The number of halogens is 1. The van der Waals surface area contributed by atoms with Crippen LogP contribution in [0.1, 0.15) is 29.3 Å².